The summed E-state index contributed by atoms with van der Waals surface area (Å²) in [4.78, 5) is 20.7. The Morgan fingerprint density at radius 2 is 1.62 bits per heavy atom. The quantitative estimate of drug-likeness (QED) is 0.167. The van der Waals surface area contributed by atoms with Gasteiger partial charge in [0.15, 0.2) is 0 Å². The van der Waals surface area contributed by atoms with Crippen LogP contribution < -0.4 is 0 Å². The summed E-state index contributed by atoms with van der Waals surface area (Å²) in [7, 11) is 2.55. The lowest BCUT2D eigenvalue weighted by molar-refractivity contribution is -0.870. The lowest BCUT2D eigenvalue weighted by Gasteiger charge is -2.23. The molecule has 0 atom stereocenters. The minimum atomic E-state index is -4.41. The molecule has 10 heteroatoms. The maximum Gasteiger partial charge on any atom is 0.333 e. The van der Waals surface area contributed by atoms with E-state index < -0.39 is 10.4 Å². The van der Waals surface area contributed by atoms with Gasteiger partial charge < -0.3 is 18.5 Å². The Morgan fingerprint density at radius 3 is 1.79 bits per heavy atom. The van der Waals surface area contributed by atoms with Crippen LogP contribution >= 0.6 is 0 Å². The fourth-order valence-corrected chi connectivity index (χ4v) is 0.653. The second-order valence-electron chi connectivity index (χ2n) is 5.28. The van der Waals surface area contributed by atoms with Crippen molar-refractivity contribution in [3.63, 3.8) is 0 Å². The van der Waals surface area contributed by atoms with Crippen LogP contribution in [0.5, 0.6) is 0 Å². The minimum absolute atomic E-state index is 0.302. The molecular formula is C14H27NO8S. The molecule has 0 fully saturated rings. The molecule has 0 aromatic carbocycles. The maximum absolute atomic E-state index is 10.9. The van der Waals surface area contributed by atoms with Gasteiger partial charge in [-0.3, -0.25) is 8.98 Å². The first-order valence-electron chi connectivity index (χ1n) is 6.59. The summed E-state index contributed by atoms with van der Waals surface area (Å²) in [5.41, 5.74) is 0.455. The Balaban J connectivity index is -0.000000309. The average Bonchev–Trinajstić information content (AvgIpc) is 2.37. The molecule has 0 aliphatic carbocycles. The van der Waals surface area contributed by atoms with Gasteiger partial charge in [-0.05, 0) is 6.92 Å². The number of rotatable bonds is 6. The van der Waals surface area contributed by atoms with E-state index in [9.17, 15) is 22.6 Å². The largest absolute Gasteiger partial charge is 0.726 e. The molecule has 0 bridgehead atoms. The summed E-state index contributed by atoms with van der Waals surface area (Å²) in [6.45, 7) is 10.9. The molecule has 0 spiro atoms. The Morgan fingerprint density at radius 1 is 1.21 bits per heavy atom. The van der Waals surface area contributed by atoms with Crippen molar-refractivity contribution in [3.05, 3.63) is 25.0 Å². The third kappa shape index (κ3) is 32.3. The number of hydrogen-bond acceptors (Lipinski definition) is 8. The third-order valence-corrected chi connectivity index (χ3v) is 2.21. The fourth-order valence-electron chi connectivity index (χ4n) is 0.653. The summed E-state index contributed by atoms with van der Waals surface area (Å²) in [6, 6.07) is 0. The molecule has 0 aromatic rings. The van der Waals surface area contributed by atoms with E-state index in [1.165, 1.54) is 6.92 Å². The van der Waals surface area contributed by atoms with Gasteiger partial charge >= 0.3 is 11.9 Å². The summed E-state index contributed by atoms with van der Waals surface area (Å²) in [5, 5.41) is 0. The van der Waals surface area contributed by atoms with E-state index in [0.29, 0.717) is 12.2 Å². The van der Waals surface area contributed by atoms with Crippen molar-refractivity contribution < 1.29 is 40.7 Å². The van der Waals surface area contributed by atoms with Crippen LogP contribution in [0.3, 0.4) is 0 Å². The van der Waals surface area contributed by atoms with Crippen LogP contribution in [0.15, 0.2) is 25.0 Å². The first-order chi connectivity index (χ1) is 10.7. The molecule has 0 rings (SSSR count). The standard InChI is InChI=1S/C9H18NO2.C4H6O2.CH4O4S/c1-8(2)9(11)12-7-6-10(3,4)5;1-3-6-4(2)5;1-5-6(2,3)4/h1,6-7H2,2-5H3;3H,1H2,2H3;1H3,(H,2,3,4)/q+1;;/p-1. The Bertz CT molecular complexity index is 505. The molecule has 142 valence electrons. The molecular weight excluding hydrogens is 342 g/mol. The van der Waals surface area contributed by atoms with Crippen LogP contribution in [-0.2, 0) is 33.6 Å². The Hall–Kier alpha value is -1.75. The van der Waals surface area contributed by atoms with Crippen LogP contribution in [0, 0.1) is 0 Å². The van der Waals surface area contributed by atoms with E-state index in [-0.39, 0.29) is 11.9 Å². The van der Waals surface area contributed by atoms with Crippen molar-refractivity contribution in [1.82, 2.24) is 0 Å². The summed E-state index contributed by atoms with van der Waals surface area (Å²) in [5.74, 6) is -0.631. The van der Waals surface area contributed by atoms with Gasteiger partial charge in [0, 0.05) is 12.5 Å². The lowest BCUT2D eigenvalue weighted by atomic mass is 10.4. The van der Waals surface area contributed by atoms with Crippen molar-refractivity contribution in [2.45, 2.75) is 13.8 Å². The average molecular weight is 369 g/mol. The first-order valence-corrected chi connectivity index (χ1v) is 7.92. The molecule has 0 aliphatic heterocycles. The Labute approximate surface area is 144 Å². The van der Waals surface area contributed by atoms with E-state index in [1.807, 2.05) is 0 Å². The van der Waals surface area contributed by atoms with Crippen LogP contribution in [-0.4, -0.2) is 70.8 Å². The summed E-state index contributed by atoms with van der Waals surface area (Å²) in [6.07, 6.45) is 1.10. The maximum atomic E-state index is 10.9. The number of esters is 2. The zero-order valence-corrected chi connectivity index (χ0v) is 15.8. The van der Waals surface area contributed by atoms with Crippen molar-refractivity contribution >= 4 is 22.3 Å². The van der Waals surface area contributed by atoms with Gasteiger partial charge in [0.2, 0.25) is 10.4 Å². The molecule has 0 saturated carbocycles. The molecule has 0 radical (unpaired) electrons. The van der Waals surface area contributed by atoms with Crippen molar-refractivity contribution in [3.8, 4) is 0 Å². The molecule has 0 unspecified atom stereocenters. The van der Waals surface area contributed by atoms with E-state index in [1.54, 1.807) is 6.92 Å². The number of ether oxygens (including phenoxy) is 2. The van der Waals surface area contributed by atoms with Crippen LogP contribution in [0.25, 0.3) is 0 Å². The number of quaternary nitrogens is 1. The second-order valence-corrected chi connectivity index (χ2v) is 6.43. The van der Waals surface area contributed by atoms with E-state index in [2.05, 4.69) is 43.2 Å². The van der Waals surface area contributed by atoms with Gasteiger partial charge in [-0.25, -0.2) is 13.2 Å². The minimum Gasteiger partial charge on any atom is -0.726 e. The normalized spacial score (nSPS) is 10.1. The smallest absolute Gasteiger partial charge is 0.333 e. The van der Waals surface area contributed by atoms with Crippen molar-refractivity contribution in [2.75, 3.05) is 41.4 Å². The van der Waals surface area contributed by atoms with Gasteiger partial charge in [-0.2, -0.15) is 0 Å². The predicted molar refractivity (Wildman–Crippen MR) is 87.3 cm³/mol. The van der Waals surface area contributed by atoms with Crippen LogP contribution in [0.4, 0.5) is 0 Å². The topological polar surface area (TPSA) is 119 Å². The SMILES string of the molecule is C=C(C)C(=O)OCC[N+](C)(C)C.C=COC(C)=O.COS(=O)(=O)[O-]. The van der Waals surface area contributed by atoms with Crippen molar-refractivity contribution in [2.24, 2.45) is 0 Å². The van der Waals surface area contributed by atoms with E-state index >= 15 is 0 Å². The van der Waals surface area contributed by atoms with E-state index in [4.69, 9.17) is 4.74 Å². The number of likely N-dealkylation sites (N-methyl/N-ethyl adjacent to an activating group) is 1. The molecule has 24 heavy (non-hydrogen) atoms. The zero-order chi connectivity index (χ0) is 20.0. The highest BCUT2D eigenvalue weighted by atomic mass is 32.3. The van der Waals surface area contributed by atoms with E-state index in [0.717, 1.165) is 24.4 Å². The predicted octanol–water partition coefficient (Wildman–Crippen LogP) is 0.598. The van der Waals surface area contributed by atoms with Crippen LogP contribution in [0.1, 0.15) is 13.8 Å². The zero-order valence-electron chi connectivity index (χ0n) is 15.0. The van der Waals surface area contributed by atoms with Gasteiger partial charge in [0.1, 0.15) is 13.2 Å². The number of carbonyl (C=O) groups is 2. The highest BCUT2D eigenvalue weighted by Crippen LogP contribution is 1.94. The molecule has 0 aliphatic rings. The van der Waals surface area contributed by atoms with Crippen molar-refractivity contribution in [1.29, 1.82) is 0 Å². The first kappa shape index (κ1) is 27.1. The molecule has 0 heterocycles. The summed E-state index contributed by atoms with van der Waals surface area (Å²) < 4.78 is 40.9. The Kier molecular flexibility index (Phi) is 15.4. The fraction of sp³-hybridized carbons (Fsp3) is 0.571. The molecule has 0 aromatic heterocycles. The number of carbonyl (C=O) groups excluding carboxylic acids is 2. The van der Waals surface area contributed by atoms with Gasteiger partial charge in [-0.1, -0.05) is 13.2 Å². The van der Waals surface area contributed by atoms with Crippen LogP contribution in [0.2, 0.25) is 0 Å². The van der Waals surface area contributed by atoms with Gasteiger partial charge in [0.25, 0.3) is 0 Å². The number of nitrogens with zero attached hydrogens (tertiary/aromatic N) is 1. The highest BCUT2D eigenvalue weighted by Gasteiger charge is 2.09. The second kappa shape index (κ2) is 13.7. The molecule has 0 N–H and O–H groups in total. The summed E-state index contributed by atoms with van der Waals surface area (Å²) >= 11 is 0. The molecule has 9 nitrogen and oxygen atoms in total. The monoisotopic (exact) mass is 369 g/mol. The molecule has 0 amide bonds. The van der Waals surface area contributed by atoms with Gasteiger partial charge in [0.05, 0.1) is 34.5 Å². The lowest BCUT2D eigenvalue weighted by Crippen LogP contribution is -2.38. The van der Waals surface area contributed by atoms with Gasteiger partial charge in [-0.15, -0.1) is 0 Å². The number of hydrogen-bond donors (Lipinski definition) is 0. The third-order valence-electron chi connectivity index (χ3n) is 1.80. The highest BCUT2D eigenvalue weighted by molar-refractivity contribution is 7.80. The molecule has 0 saturated heterocycles.